The second kappa shape index (κ2) is 11.1. The highest BCUT2D eigenvalue weighted by molar-refractivity contribution is 6.40. The lowest BCUT2D eigenvalue weighted by Crippen LogP contribution is -2.43. The van der Waals surface area contributed by atoms with E-state index in [1.807, 2.05) is 16.8 Å². The zero-order valence-electron chi connectivity index (χ0n) is 22.9. The number of allylic oxidation sites excluding steroid dienone is 1. The van der Waals surface area contributed by atoms with E-state index >= 15 is 0 Å². The Morgan fingerprint density at radius 3 is 2.62 bits per heavy atom. The average Bonchev–Trinajstić information content (AvgIpc) is 3.69. The third kappa shape index (κ3) is 5.10. The SMILES string of the molecule is CCCCCCc1cn(-c2ccc3n2[B]N2C(=C3c3ccc(NC(C)=O)cc3)C=CC2=[N+]2CCCCC2)nn1. The number of rotatable bonds is 8. The summed E-state index contributed by atoms with van der Waals surface area (Å²) in [6.45, 7) is 5.92. The molecule has 199 valence electrons. The van der Waals surface area contributed by atoms with Gasteiger partial charge in [0.2, 0.25) is 5.91 Å². The molecule has 9 heteroatoms. The van der Waals surface area contributed by atoms with E-state index in [1.165, 1.54) is 51.3 Å². The maximum atomic E-state index is 11.6. The fourth-order valence-corrected chi connectivity index (χ4v) is 5.82. The van der Waals surface area contributed by atoms with E-state index in [0.29, 0.717) is 0 Å². The molecule has 39 heavy (non-hydrogen) atoms. The van der Waals surface area contributed by atoms with Crippen molar-refractivity contribution in [3.8, 4) is 5.82 Å². The van der Waals surface area contributed by atoms with Crippen LogP contribution in [-0.4, -0.2) is 61.2 Å². The van der Waals surface area contributed by atoms with Crippen LogP contribution in [0.3, 0.4) is 0 Å². The minimum atomic E-state index is -0.0706. The van der Waals surface area contributed by atoms with Crippen molar-refractivity contribution in [1.29, 1.82) is 0 Å². The van der Waals surface area contributed by atoms with Crippen molar-refractivity contribution in [2.75, 3.05) is 18.4 Å². The number of piperidine rings is 1. The zero-order chi connectivity index (χ0) is 26.8. The van der Waals surface area contributed by atoms with Crippen molar-refractivity contribution in [2.45, 2.75) is 65.2 Å². The number of amides is 1. The summed E-state index contributed by atoms with van der Waals surface area (Å²) < 4.78 is 6.63. The largest absolute Gasteiger partial charge is 0.553 e. The highest BCUT2D eigenvalue weighted by Gasteiger charge is 2.40. The summed E-state index contributed by atoms with van der Waals surface area (Å²) >= 11 is 0. The molecule has 6 rings (SSSR count). The second-order valence-corrected chi connectivity index (χ2v) is 10.7. The van der Waals surface area contributed by atoms with Crippen molar-refractivity contribution in [3.63, 3.8) is 0 Å². The molecule has 3 aliphatic rings. The van der Waals surface area contributed by atoms with Crippen LogP contribution >= 0.6 is 0 Å². The van der Waals surface area contributed by atoms with Gasteiger partial charge in [0.05, 0.1) is 25.0 Å². The first-order chi connectivity index (χ1) is 19.1. The molecule has 0 bridgehead atoms. The van der Waals surface area contributed by atoms with E-state index < -0.39 is 0 Å². The molecule has 2 aromatic heterocycles. The van der Waals surface area contributed by atoms with Gasteiger partial charge in [0, 0.05) is 30.0 Å². The predicted molar refractivity (Wildman–Crippen MR) is 155 cm³/mol. The predicted octanol–water partition coefficient (Wildman–Crippen LogP) is 4.77. The molecule has 0 unspecified atom stereocenters. The molecular formula is C30H36BN7O+. The summed E-state index contributed by atoms with van der Waals surface area (Å²) in [6.07, 6.45) is 16.1. The van der Waals surface area contributed by atoms with Gasteiger partial charge in [-0.2, -0.15) is 0 Å². The normalized spacial score (nSPS) is 16.4. The van der Waals surface area contributed by atoms with Gasteiger partial charge < -0.3 is 9.79 Å². The number of amidine groups is 1. The summed E-state index contributed by atoms with van der Waals surface area (Å²) in [5.74, 6) is 2.12. The molecule has 1 aromatic carbocycles. The molecule has 1 N–H and O–H groups in total. The molecule has 3 aromatic rings. The van der Waals surface area contributed by atoms with Crippen LogP contribution in [0.4, 0.5) is 5.69 Å². The lowest BCUT2D eigenvalue weighted by atomic mass is 9.91. The molecule has 1 amide bonds. The van der Waals surface area contributed by atoms with E-state index in [-0.39, 0.29) is 5.91 Å². The summed E-state index contributed by atoms with van der Waals surface area (Å²) in [5, 5.41) is 11.9. The topological polar surface area (TPSA) is 71.0 Å². The van der Waals surface area contributed by atoms with Crippen LogP contribution in [0, 0.1) is 0 Å². The fraction of sp³-hybridized carbons (Fsp3) is 0.400. The maximum Gasteiger partial charge on any atom is 0.553 e. The van der Waals surface area contributed by atoms with E-state index in [1.54, 1.807) is 0 Å². The molecule has 1 fully saturated rings. The Labute approximate surface area is 231 Å². The smallest absolute Gasteiger partial charge is 0.329 e. The van der Waals surface area contributed by atoms with Gasteiger partial charge in [-0.05, 0) is 68.0 Å². The van der Waals surface area contributed by atoms with Crippen LogP contribution < -0.4 is 5.32 Å². The number of nitrogens with zero attached hydrogens (tertiary/aromatic N) is 6. The Kier molecular flexibility index (Phi) is 7.22. The molecular weight excluding hydrogens is 485 g/mol. The van der Waals surface area contributed by atoms with Gasteiger partial charge in [0.1, 0.15) is 11.5 Å². The van der Waals surface area contributed by atoms with Crippen molar-refractivity contribution in [2.24, 2.45) is 0 Å². The number of anilines is 1. The molecule has 0 spiro atoms. The third-order valence-corrected chi connectivity index (χ3v) is 7.77. The number of fused-ring (bicyclic) bond motifs is 2. The molecule has 0 atom stereocenters. The van der Waals surface area contributed by atoms with Gasteiger partial charge in [0.25, 0.3) is 5.84 Å². The number of carbonyl (C=O) groups excluding carboxylic acids is 1. The molecule has 3 aliphatic heterocycles. The van der Waals surface area contributed by atoms with Crippen LogP contribution in [0.25, 0.3) is 11.4 Å². The Morgan fingerprint density at radius 1 is 1.03 bits per heavy atom. The molecule has 1 saturated heterocycles. The number of aryl methyl sites for hydroxylation is 1. The number of nitrogens with one attached hydrogen (secondary N) is 1. The first-order valence-electron chi connectivity index (χ1n) is 14.3. The van der Waals surface area contributed by atoms with Crippen LogP contribution in [-0.2, 0) is 11.2 Å². The number of unbranched alkanes of at least 4 members (excludes halogenated alkanes) is 3. The number of aromatic nitrogens is 4. The molecule has 8 nitrogen and oxygen atoms in total. The minimum absolute atomic E-state index is 0.0706. The quantitative estimate of drug-likeness (QED) is 0.263. The molecule has 0 saturated carbocycles. The van der Waals surface area contributed by atoms with Gasteiger partial charge in [0.15, 0.2) is 0 Å². The first-order valence-corrected chi connectivity index (χ1v) is 14.3. The van der Waals surface area contributed by atoms with Crippen molar-refractivity contribution >= 4 is 30.6 Å². The highest BCUT2D eigenvalue weighted by atomic mass is 16.1. The number of carbonyl (C=O) groups is 1. The Balaban J connectivity index is 1.39. The van der Waals surface area contributed by atoms with E-state index in [0.717, 1.165) is 65.7 Å². The van der Waals surface area contributed by atoms with Gasteiger partial charge in [-0.15, -0.1) is 5.10 Å². The molecule has 1 radical (unpaired) electrons. The molecule has 0 aliphatic carbocycles. The summed E-state index contributed by atoms with van der Waals surface area (Å²) in [5.41, 5.74) is 6.35. The summed E-state index contributed by atoms with van der Waals surface area (Å²) in [6, 6.07) is 12.4. The van der Waals surface area contributed by atoms with E-state index in [4.69, 9.17) is 0 Å². The average molecular weight is 521 g/mol. The van der Waals surface area contributed by atoms with Gasteiger partial charge in [-0.25, -0.2) is 4.68 Å². The van der Waals surface area contributed by atoms with Crippen LogP contribution in [0.1, 0.15) is 75.7 Å². The van der Waals surface area contributed by atoms with Gasteiger partial charge in [-0.3, -0.25) is 14.2 Å². The standard InChI is InChI=1S/C30H35BN7O/c1-3-4-5-7-10-25-21-36(34-33-25)29-18-16-27-30(23-11-13-24(14-12-23)32-22(2)39)26-15-17-28(37(26)31-38(27)29)35-19-8-6-9-20-35/h11-18,21H,3-10,19-20H2,1-2H3/p+1. The Bertz CT molecular complexity index is 1450. The van der Waals surface area contributed by atoms with E-state index in [9.17, 15) is 4.79 Å². The lowest BCUT2D eigenvalue weighted by molar-refractivity contribution is -0.539. The van der Waals surface area contributed by atoms with E-state index in [2.05, 4.69) is 86.6 Å². The van der Waals surface area contributed by atoms with Crippen molar-refractivity contribution < 1.29 is 9.37 Å². The molecule has 5 heterocycles. The summed E-state index contributed by atoms with van der Waals surface area (Å²) in [4.78, 5) is 13.9. The van der Waals surface area contributed by atoms with Crippen LogP contribution in [0.15, 0.2) is 60.4 Å². The lowest BCUT2D eigenvalue weighted by Gasteiger charge is -2.27. The monoisotopic (exact) mass is 521 g/mol. The van der Waals surface area contributed by atoms with Crippen LogP contribution in [0.2, 0.25) is 0 Å². The van der Waals surface area contributed by atoms with Crippen molar-refractivity contribution in [1.82, 2.24) is 24.3 Å². The highest BCUT2D eigenvalue weighted by Crippen LogP contribution is 2.37. The first kappa shape index (κ1) is 25.4. The summed E-state index contributed by atoms with van der Waals surface area (Å²) in [7, 11) is 2.20. The van der Waals surface area contributed by atoms with Crippen molar-refractivity contribution in [3.05, 3.63) is 77.4 Å². The Morgan fingerprint density at radius 2 is 1.85 bits per heavy atom. The maximum absolute atomic E-state index is 11.6. The number of benzene rings is 1. The second-order valence-electron chi connectivity index (χ2n) is 10.7. The van der Waals surface area contributed by atoms with Gasteiger partial charge in [-0.1, -0.05) is 43.5 Å². The third-order valence-electron chi connectivity index (χ3n) is 7.77. The zero-order valence-corrected chi connectivity index (χ0v) is 22.9. The van der Waals surface area contributed by atoms with Gasteiger partial charge >= 0.3 is 7.55 Å². The fourth-order valence-electron chi connectivity index (χ4n) is 5.82. The van der Waals surface area contributed by atoms with Crippen LogP contribution in [0.5, 0.6) is 0 Å². The number of hydrogen-bond acceptors (Lipinski definition) is 3. The number of hydrogen-bond donors (Lipinski definition) is 1. The minimum Gasteiger partial charge on any atom is -0.329 e. The Hall–Kier alpha value is -3.88.